The van der Waals surface area contributed by atoms with Crippen molar-refractivity contribution in [2.75, 3.05) is 23.9 Å². The van der Waals surface area contributed by atoms with Gasteiger partial charge in [0.1, 0.15) is 0 Å². The summed E-state index contributed by atoms with van der Waals surface area (Å²) in [5.74, 6) is -1.46. The molecule has 3 rings (SSSR count). The van der Waals surface area contributed by atoms with E-state index in [1.165, 1.54) is 19.2 Å². The number of pyridine rings is 1. The highest BCUT2D eigenvalue weighted by molar-refractivity contribution is 7.99. The van der Waals surface area contributed by atoms with Crippen LogP contribution in [-0.4, -0.2) is 40.5 Å². The van der Waals surface area contributed by atoms with Gasteiger partial charge in [0.25, 0.3) is 0 Å². The maximum absolute atomic E-state index is 14.5. The number of para-hydroxylation sites is 1. The molecule has 0 unspecified atom stereocenters. The molecule has 1 heterocycles. The van der Waals surface area contributed by atoms with E-state index in [2.05, 4.69) is 10.3 Å². The van der Waals surface area contributed by atoms with Gasteiger partial charge in [-0.05, 0) is 43.0 Å². The third-order valence-electron chi connectivity index (χ3n) is 5.18. The van der Waals surface area contributed by atoms with Crippen molar-refractivity contribution in [1.82, 2.24) is 4.98 Å². The van der Waals surface area contributed by atoms with Gasteiger partial charge >= 0.3 is 6.18 Å². The van der Waals surface area contributed by atoms with Crippen LogP contribution in [0.5, 0.6) is 5.75 Å². The molecule has 4 nitrogen and oxygen atoms in total. The number of fused-ring (bicyclic) bond motifs is 1. The average Bonchev–Trinajstić information content (AvgIpc) is 2.74. The number of hydrogen-bond acceptors (Lipinski definition) is 5. The molecule has 0 aliphatic carbocycles. The molecule has 3 aromatic rings. The summed E-state index contributed by atoms with van der Waals surface area (Å²) < 4.78 is 62.5. The Morgan fingerprint density at radius 2 is 1.84 bits per heavy atom. The van der Waals surface area contributed by atoms with Crippen molar-refractivity contribution < 1.29 is 27.4 Å². The number of aryl methyl sites for hydroxylation is 1. The second-order valence-electron chi connectivity index (χ2n) is 7.32. The SMILES string of the molecule is CCSC[C@@](O)([C@@H](Nc1cccc2nc(C)ccc12)c1cccc(F)c1OC)C(F)(F)F. The molecular weight excluding hydrogens is 444 g/mol. The number of halogens is 4. The number of methoxy groups -OCH3 is 1. The van der Waals surface area contributed by atoms with Crippen molar-refractivity contribution in [1.29, 1.82) is 0 Å². The molecule has 0 radical (unpaired) electrons. The Morgan fingerprint density at radius 1 is 1.12 bits per heavy atom. The molecule has 32 heavy (non-hydrogen) atoms. The zero-order valence-corrected chi connectivity index (χ0v) is 18.6. The first-order valence-electron chi connectivity index (χ1n) is 9.94. The van der Waals surface area contributed by atoms with E-state index in [9.17, 15) is 22.7 Å². The lowest BCUT2D eigenvalue weighted by atomic mass is 9.88. The van der Waals surface area contributed by atoms with E-state index in [1.807, 2.05) is 6.92 Å². The molecule has 1 aromatic heterocycles. The molecule has 0 bridgehead atoms. The number of benzene rings is 2. The standard InChI is InChI=1S/C23H24F4N2O2S/c1-4-32-13-22(30,23(25,26)27)21(16-7-5-8-17(24)20(16)31-3)29-19-10-6-9-18-15(19)12-11-14(2)28-18/h5-12,21,29-30H,4,13H2,1-3H3/t21-,22+/m0/s1. The molecule has 0 aliphatic heterocycles. The van der Waals surface area contributed by atoms with Crippen molar-refractivity contribution in [3.05, 3.63) is 65.6 Å². The van der Waals surface area contributed by atoms with Crippen LogP contribution in [0.15, 0.2) is 48.5 Å². The third-order valence-corrected chi connectivity index (χ3v) is 6.23. The van der Waals surface area contributed by atoms with Crippen LogP contribution in [-0.2, 0) is 0 Å². The zero-order chi connectivity index (χ0) is 23.5. The Morgan fingerprint density at radius 3 is 2.50 bits per heavy atom. The molecule has 0 amide bonds. The van der Waals surface area contributed by atoms with E-state index in [-0.39, 0.29) is 11.3 Å². The molecule has 0 fully saturated rings. The van der Waals surface area contributed by atoms with Gasteiger partial charge in [0, 0.05) is 28.1 Å². The van der Waals surface area contributed by atoms with Gasteiger partial charge in [-0.25, -0.2) is 4.39 Å². The summed E-state index contributed by atoms with van der Waals surface area (Å²) in [4.78, 5) is 4.41. The molecule has 0 saturated carbocycles. The minimum Gasteiger partial charge on any atom is -0.493 e. The fourth-order valence-corrected chi connectivity index (χ4v) is 4.39. The fraction of sp³-hybridized carbons (Fsp3) is 0.348. The van der Waals surface area contributed by atoms with Crippen LogP contribution in [0.25, 0.3) is 10.9 Å². The normalized spacial score (nSPS) is 14.8. The van der Waals surface area contributed by atoms with E-state index < -0.39 is 29.4 Å². The van der Waals surface area contributed by atoms with E-state index in [1.54, 1.807) is 37.3 Å². The highest BCUT2D eigenvalue weighted by Gasteiger charge is 2.59. The summed E-state index contributed by atoms with van der Waals surface area (Å²) in [5.41, 5.74) is -1.69. The Bertz CT molecular complexity index is 1090. The average molecular weight is 469 g/mol. The largest absolute Gasteiger partial charge is 0.493 e. The highest BCUT2D eigenvalue weighted by atomic mass is 32.2. The van der Waals surface area contributed by atoms with E-state index >= 15 is 0 Å². The van der Waals surface area contributed by atoms with Crippen LogP contribution in [0, 0.1) is 12.7 Å². The second kappa shape index (κ2) is 9.54. The van der Waals surface area contributed by atoms with Crippen molar-refractivity contribution >= 4 is 28.4 Å². The molecule has 2 atom stereocenters. The van der Waals surface area contributed by atoms with Gasteiger partial charge in [-0.1, -0.05) is 25.1 Å². The number of aliphatic hydroxyl groups is 1. The van der Waals surface area contributed by atoms with Crippen LogP contribution < -0.4 is 10.1 Å². The minimum atomic E-state index is -5.01. The summed E-state index contributed by atoms with van der Waals surface area (Å²) >= 11 is 0.942. The summed E-state index contributed by atoms with van der Waals surface area (Å²) in [7, 11) is 1.18. The van der Waals surface area contributed by atoms with Crippen LogP contribution in [0.1, 0.15) is 24.2 Å². The molecule has 2 aromatic carbocycles. The Labute approximate surface area is 188 Å². The van der Waals surface area contributed by atoms with E-state index in [4.69, 9.17) is 4.74 Å². The van der Waals surface area contributed by atoms with Gasteiger partial charge in [0.2, 0.25) is 0 Å². The van der Waals surface area contributed by atoms with Crippen molar-refractivity contribution in [3.8, 4) is 5.75 Å². The van der Waals surface area contributed by atoms with Crippen LogP contribution in [0.2, 0.25) is 0 Å². The number of anilines is 1. The molecule has 2 N–H and O–H groups in total. The van der Waals surface area contributed by atoms with E-state index in [0.29, 0.717) is 22.3 Å². The number of thioether (sulfide) groups is 1. The van der Waals surface area contributed by atoms with E-state index in [0.717, 1.165) is 23.5 Å². The summed E-state index contributed by atoms with van der Waals surface area (Å²) in [6.45, 7) is 3.51. The fourth-order valence-electron chi connectivity index (χ4n) is 3.55. The molecule has 0 saturated heterocycles. The number of hydrogen-bond donors (Lipinski definition) is 2. The molecule has 172 valence electrons. The van der Waals surface area contributed by atoms with Gasteiger partial charge in [-0.15, -0.1) is 0 Å². The van der Waals surface area contributed by atoms with Gasteiger partial charge in [-0.2, -0.15) is 24.9 Å². The first-order valence-corrected chi connectivity index (χ1v) is 11.1. The van der Waals surface area contributed by atoms with Gasteiger partial charge < -0.3 is 15.2 Å². The Hall–Kier alpha value is -2.52. The van der Waals surface area contributed by atoms with Crippen molar-refractivity contribution in [3.63, 3.8) is 0 Å². The third kappa shape index (κ3) is 4.63. The smallest absolute Gasteiger partial charge is 0.420 e. The number of nitrogens with zero attached hydrogens (tertiary/aromatic N) is 1. The lowest BCUT2D eigenvalue weighted by Crippen LogP contribution is -2.54. The highest BCUT2D eigenvalue weighted by Crippen LogP contribution is 2.47. The Kier molecular flexibility index (Phi) is 7.19. The van der Waals surface area contributed by atoms with Gasteiger partial charge in [0.15, 0.2) is 17.2 Å². The first-order chi connectivity index (χ1) is 15.1. The van der Waals surface area contributed by atoms with Crippen LogP contribution in [0.3, 0.4) is 0 Å². The topological polar surface area (TPSA) is 54.4 Å². The maximum atomic E-state index is 14.5. The lowest BCUT2D eigenvalue weighted by Gasteiger charge is -2.39. The van der Waals surface area contributed by atoms with Crippen molar-refractivity contribution in [2.24, 2.45) is 0 Å². The summed E-state index contributed by atoms with van der Waals surface area (Å²) in [6.07, 6.45) is -5.01. The molecule has 9 heteroatoms. The number of alkyl halides is 3. The van der Waals surface area contributed by atoms with Crippen LogP contribution in [0.4, 0.5) is 23.2 Å². The lowest BCUT2D eigenvalue weighted by molar-refractivity contribution is -0.256. The maximum Gasteiger partial charge on any atom is 0.420 e. The molecular formula is C23H24F4N2O2S. The number of rotatable bonds is 8. The Balaban J connectivity index is 2.23. The first kappa shape index (κ1) is 24.1. The van der Waals surface area contributed by atoms with Gasteiger partial charge in [-0.3, -0.25) is 4.98 Å². The number of ether oxygens (including phenoxy) is 1. The quantitative estimate of drug-likeness (QED) is 0.404. The van der Waals surface area contributed by atoms with Crippen LogP contribution >= 0.6 is 11.8 Å². The molecule has 0 spiro atoms. The number of nitrogens with one attached hydrogen (secondary N) is 1. The molecule has 0 aliphatic rings. The predicted octanol–water partition coefficient (Wildman–Crippen LogP) is 5.89. The minimum absolute atomic E-state index is 0.138. The van der Waals surface area contributed by atoms with Gasteiger partial charge in [0.05, 0.1) is 18.7 Å². The monoisotopic (exact) mass is 468 g/mol. The number of aromatic nitrogens is 1. The predicted molar refractivity (Wildman–Crippen MR) is 120 cm³/mol. The zero-order valence-electron chi connectivity index (χ0n) is 17.8. The summed E-state index contributed by atoms with van der Waals surface area (Å²) in [6, 6.07) is 10.4. The summed E-state index contributed by atoms with van der Waals surface area (Å²) in [5, 5.41) is 14.5. The second-order valence-corrected chi connectivity index (χ2v) is 8.60. The van der Waals surface area contributed by atoms with Crippen molar-refractivity contribution in [2.45, 2.75) is 31.7 Å².